The van der Waals surface area contributed by atoms with Gasteiger partial charge in [-0.15, -0.1) is 0 Å². The largest absolute Gasteiger partial charge is 0.457 e. The number of benzene rings is 9. The van der Waals surface area contributed by atoms with Gasteiger partial charge in [-0.3, -0.25) is 0 Å². The summed E-state index contributed by atoms with van der Waals surface area (Å²) < 4.78 is 6.85. The zero-order valence-electron chi connectivity index (χ0n) is 30.1. The van der Waals surface area contributed by atoms with Crippen LogP contribution in [0, 0.1) is 0 Å². The van der Waals surface area contributed by atoms with Crippen molar-refractivity contribution < 1.29 is 4.74 Å². The lowest BCUT2D eigenvalue weighted by atomic mass is 9.64. The van der Waals surface area contributed by atoms with Crippen molar-refractivity contribution in [1.82, 2.24) is 0 Å². The summed E-state index contributed by atoms with van der Waals surface area (Å²) >= 11 is 0. The molecule has 1 heterocycles. The van der Waals surface area contributed by atoms with E-state index in [-0.39, 0.29) is 0 Å². The smallest absolute Gasteiger partial charge is 0.132 e. The molecule has 1 spiro atoms. The third-order valence-corrected chi connectivity index (χ3v) is 11.5. The Bertz CT molecular complexity index is 2900. The molecule has 258 valence electrons. The lowest BCUT2D eigenvalue weighted by Gasteiger charge is -2.41. The van der Waals surface area contributed by atoms with Gasteiger partial charge in [-0.2, -0.15) is 0 Å². The molecular weight excluding hydrogens is 667 g/mol. The van der Waals surface area contributed by atoms with E-state index in [4.69, 9.17) is 4.74 Å². The molecule has 1 aliphatic carbocycles. The molecule has 9 aromatic carbocycles. The minimum absolute atomic E-state index is 0.634. The van der Waals surface area contributed by atoms with E-state index in [9.17, 15) is 0 Å². The van der Waals surface area contributed by atoms with E-state index in [2.05, 4.69) is 217 Å². The maximum Gasteiger partial charge on any atom is 0.132 e. The van der Waals surface area contributed by atoms with Crippen LogP contribution in [0.1, 0.15) is 22.3 Å². The minimum atomic E-state index is -0.634. The number of nitrogens with zero attached hydrogens (tertiary/aromatic N) is 1. The van der Waals surface area contributed by atoms with E-state index < -0.39 is 5.41 Å². The highest BCUT2D eigenvalue weighted by molar-refractivity contribution is 5.95. The number of ether oxygens (including phenoxy) is 1. The number of fused-ring (bicyclic) bond motifs is 10. The Kier molecular flexibility index (Phi) is 7.11. The van der Waals surface area contributed by atoms with Crippen LogP contribution in [-0.4, -0.2) is 0 Å². The highest BCUT2D eigenvalue weighted by atomic mass is 16.5. The van der Waals surface area contributed by atoms with Gasteiger partial charge in [0, 0.05) is 28.2 Å². The fourth-order valence-electron chi connectivity index (χ4n) is 9.14. The summed E-state index contributed by atoms with van der Waals surface area (Å²) in [5.41, 5.74) is 14.7. The summed E-state index contributed by atoms with van der Waals surface area (Å²) in [6.45, 7) is 0. The van der Waals surface area contributed by atoms with E-state index in [1.54, 1.807) is 0 Å². The van der Waals surface area contributed by atoms with Crippen LogP contribution < -0.4 is 9.64 Å². The van der Waals surface area contributed by atoms with Gasteiger partial charge in [0.15, 0.2) is 0 Å². The Hall–Kier alpha value is -7.16. The minimum Gasteiger partial charge on any atom is -0.457 e. The topological polar surface area (TPSA) is 12.5 Å². The van der Waals surface area contributed by atoms with Crippen LogP contribution >= 0.6 is 0 Å². The molecule has 0 saturated heterocycles. The summed E-state index contributed by atoms with van der Waals surface area (Å²) in [6, 6.07) is 76.9. The predicted molar refractivity (Wildman–Crippen MR) is 227 cm³/mol. The first kappa shape index (κ1) is 31.4. The highest BCUT2D eigenvalue weighted by Crippen LogP contribution is 2.64. The van der Waals surface area contributed by atoms with Crippen LogP contribution in [-0.2, 0) is 5.41 Å². The first-order valence-electron chi connectivity index (χ1n) is 18.9. The van der Waals surface area contributed by atoms with Crippen LogP contribution in [0.3, 0.4) is 0 Å². The van der Waals surface area contributed by atoms with E-state index >= 15 is 0 Å². The third-order valence-electron chi connectivity index (χ3n) is 11.5. The van der Waals surface area contributed by atoms with Gasteiger partial charge in [0.2, 0.25) is 0 Å². The molecule has 0 aromatic heterocycles. The van der Waals surface area contributed by atoms with Crippen LogP contribution in [0.25, 0.3) is 44.2 Å². The Balaban J connectivity index is 1.19. The van der Waals surface area contributed by atoms with Gasteiger partial charge in [0.25, 0.3) is 0 Å². The molecule has 11 rings (SSSR count). The van der Waals surface area contributed by atoms with Crippen LogP contribution in [0.4, 0.5) is 17.1 Å². The zero-order chi connectivity index (χ0) is 36.3. The molecule has 0 amide bonds. The number of rotatable bonds is 5. The van der Waals surface area contributed by atoms with Crippen molar-refractivity contribution in [2.75, 3.05) is 4.90 Å². The quantitative estimate of drug-likeness (QED) is 0.177. The van der Waals surface area contributed by atoms with Crippen molar-refractivity contribution in [3.05, 3.63) is 235 Å². The summed E-state index contributed by atoms with van der Waals surface area (Å²) in [5, 5.41) is 2.42. The van der Waals surface area contributed by atoms with Gasteiger partial charge >= 0.3 is 0 Å². The standard InChI is InChI=1S/C53H35NO/c1-3-14-36(15-4-1)38-26-29-41(30-27-38)54(42-31-28-37-16-7-8-19-40(37)34-42)43-32-33-46-45-20-9-10-22-47(45)53(49(46)35-43)48-23-11-12-24-50(48)55-51-25-13-21-44(52(51)53)39-17-5-2-6-18-39/h1-35H. The number of anilines is 3. The molecular formula is C53H35NO. The zero-order valence-corrected chi connectivity index (χ0v) is 30.1. The molecule has 1 unspecified atom stereocenters. The molecule has 2 heteroatoms. The van der Waals surface area contributed by atoms with E-state index in [1.807, 2.05) is 0 Å². The predicted octanol–water partition coefficient (Wildman–Crippen LogP) is 14.1. The SMILES string of the molecule is c1ccc(-c2ccc(N(c3ccc4c(c3)C3(c5ccccc5Oc5cccc(-c6ccccc6)c53)c3ccccc3-4)c3ccc4ccccc4c3)cc2)cc1. The molecule has 0 bridgehead atoms. The van der Waals surface area contributed by atoms with Crippen molar-refractivity contribution in [1.29, 1.82) is 0 Å². The van der Waals surface area contributed by atoms with Gasteiger partial charge in [-0.25, -0.2) is 0 Å². The Labute approximate surface area is 321 Å². The van der Waals surface area contributed by atoms with Gasteiger partial charge in [-0.1, -0.05) is 164 Å². The summed E-state index contributed by atoms with van der Waals surface area (Å²) in [5.74, 6) is 1.77. The number of para-hydroxylation sites is 1. The molecule has 9 aromatic rings. The molecule has 0 N–H and O–H groups in total. The van der Waals surface area contributed by atoms with E-state index in [0.29, 0.717) is 0 Å². The van der Waals surface area contributed by atoms with Crippen molar-refractivity contribution >= 4 is 27.8 Å². The molecule has 2 nitrogen and oxygen atoms in total. The van der Waals surface area contributed by atoms with Crippen molar-refractivity contribution in [3.8, 4) is 44.9 Å². The average Bonchev–Trinajstić information content (AvgIpc) is 3.54. The Morgan fingerprint density at radius 3 is 1.71 bits per heavy atom. The van der Waals surface area contributed by atoms with Crippen molar-refractivity contribution in [2.24, 2.45) is 0 Å². The first-order chi connectivity index (χ1) is 27.3. The van der Waals surface area contributed by atoms with Gasteiger partial charge < -0.3 is 9.64 Å². The molecule has 55 heavy (non-hydrogen) atoms. The van der Waals surface area contributed by atoms with E-state index in [0.717, 1.165) is 34.1 Å². The van der Waals surface area contributed by atoms with Gasteiger partial charge in [0.05, 0.1) is 5.41 Å². The molecule has 1 atom stereocenters. The molecule has 2 aliphatic rings. The van der Waals surface area contributed by atoms with Crippen molar-refractivity contribution in [3.63, 3.8) is 0 Å². The third kappa shape index (κ3) is 4.82. The molecule has 0 radical (unpaired) electrons. The normalized spacial score (nSPS) is 14.8. The highest BCUT2D eigenvalue weighted by Gasteiger charge is 2.52. The average molecular weight is 702 g/mol. The van der Waals surface area contributed by atoms with Crippen molar-refractivity contribution in [2.45, 2.75) is 5.41 Å². The first-order valence-corrected chi connectivity index (χ1v) is 18.9. The van der Waals surface area contributed by atoms with Crippen LogP contribution in [0.5, 0.6) is 11.5 Å². The summed E-state index contributed by atoms with van der Waals surface area (Å²) in [6.07, 6.45) is 0. The fraction of sp³-hybridized carbons (Fsp3) is 0.0189. The fourth-order valence-corrected chi connectivity index (χ4v) is 9.14. The maximum atomic E-state index is 6.85. The molecule has 0 fully saturated rings. The number of hydrogen-bond acceptors (Lipinski definition) is 2. The Morgan fingerprint density at radius 2 is 0.891 bits per heavy atom. The maximum absolute atomic E-state index is 6.85. The van der Waals surface area contributed by atoms with Crippen LogP contribution in [0.15, 0.2) is 212 Å². The summed E-state index contributed by atoms with van der Waals surface area (Å²) in [7, 11) is 0. The number of hydrogen-bond donors (Lipinski definition) is 0. The Morgan fingerprint density at radius 1 is 0.327 bits per heavy atom. The second-order valence-corrected chi connectivity index (χ2v) is 14.4. The second-order valence-electron chi connectivity index (χ2n) is 14.4. The van der Waals surface area contributed by atoms with Gasteiger partial charge in [-0.05, 0) is 104 Å². The molecule has 1 aliphatic heterocycles. The lowest BCUT2D eigenvalue weighted by Crippen LogP contribution is -2.33. The monoisotopic (exact) mass is 701 g/mol. The second kappa shape index (κ2) is 12.5. The van der Waals surface area contributed by atoms with Gasteiger partial charge in [0.1, 0.15) is 11.5 Å². The lowest BCUT2D eigenvalue weighted by molar-refractivity contribution is 0.437. The molecule has 0 saturated carbocycles. The van der Waals surface area contributed by atoms with E-state index in [1.165, 1.54) is 60.8 Å². The van der Waals surface area contributed by atoms with Crippen LogP contribution in [0.2, 0.25) is 0 Å². The summed E-state index contributed by atoms with van der Waals surface area (Å²) in [4.78, 5) is 2.41.